The van der Waals surface area contributed by atoms with Gasteiger partial charge < -0.3 is 10.1 Å². The van der Waals surface area contributed by atoms with Gasteiger partial charge >= 0.3 is 0 Å². The van der Waals surface area contributed by atoms with Crippen molar-refractivity contribution < 1.29 is 9.53 Å². The molecule has 1 aromatic heterocycles. The zero-order chi connectivity index (χ0) is 19.2. The van der Waals surface area contributed by atoms with Crippen molar-refractivity contribution in [2.75, 3.05) is 12.4 Å². The molecule has 0 radical (unpaired) electrons. The van der Waals surface area contributed by atoms with Crippen molar-refractivity contribution in [2.45, 2.75) is 6.54 Å². The minimum Gasteiger partial charge on any atom is -0.497 e. The zero-order valence-electron chi connectivity index (χ0n) is 14.5. The van der Waals surface area contributed by atoms with Gasteiger partial charge in [-0.3, -0.25) is 9.59 Å². The molecular formula is C20H16N4O3. The van der Waals surface area contributed by atoms with Gasteiger partial charge in [-0.25, -0.2) is 4.68 Å². The van der Waals surface area contributed by atoms with Crippen LogP contribution in [0.15, 0.2) is 65.5 Å². The molecule has 0 saturated heterocycles. The largest absolute Gasteiger partial charge is 0.497 e. The molecule has 134 valence electrons. The molecule has 0 saturated carbocycles. The average Bonchev–Trinajstić information content (AvgIpc) is 2.70. The Kier molecular flexibility index (Phi) is 5.28. The van der Waals surface area contributed by atoms with Gasteiger partial charge in [0, 0.05) is 11.6 Å². The number of anilines is 1. The molecule has 7 nitrogen and oxygen atoms in total. The van der Waals surface area contributed by atoms with Gasteiger partial charge in [0.1, 0.15) is 18.4 Å². The lowest BCUT2D eigenvalue weighted by atomic mass is 10.1. The number of benzene rings is 2. The van der Waals surface area contributed by atoms with E-state index in [2.05, 4.69) is 10.4 Å². The van der Waals surface area contributed by atoms with E-state index < -0.39 is 11.5 Å². The molecule has 0 aliphatic heterocycles. The minimum absolute atomic E-state index is 0.267. The Hall–Kier alpha value is -3.92. The highest BCUT2D eigenvalue weighted by molar-refractivity contribution is 5.91. The molecule has 1 N–H and O–H groups in total. The topological polar surface area (TPSA) is 97.0 Å². The zero-order valence-corrected chi connectivity index (χ0v) is 14.5. The number of aromatic nitrogens is 2. The molecule has 0 spiro atoms. The fourth-order valence-corrected chi connectivity index (χ4v) is 2.51. The third kappa shape index (κ3) is 4.19. The van der Waals surface area contributed by atoms with Crippen LogP contribution in [0.3, 0.4) is 0 Å². The summed E-state index contributed by atoms with van der Waals surface area (Å²) in [5.74, 6) is 0.216. The third-order valence-corrected chi connectivity index (χ3v) is 3.85. The number of carbonyl (C=O) groups is 1. The summed E-state index contributed by atoms with van der Waals surface area (Å²) in [6.07, 6.45) is 0. The van der Waals surface area contributed by atoms with Crippen LogP contribution in [0.2, 0.25) is 0 Å². The number of para-hydroxylation sites is 1. The fraction of sp³-hybridized carbons (Fsp3) is 0.100. The molecule has 3 rings (SSSR count). The number of methoxy groups -OCH3 is 1. The Morgan fingerprint density at radius 2 is 2.00 bits per heavy atom. The number of carbonyl (C=O) groups excluding carboxylic acids is 1. The van der Waals surface area contributed by atoms with E-state index in [0.717, 1.165) is 10.2 Å². The predicted octanol–water partition coefficient (Wildman–Crippen LogP) is 2.43. The highest BCUT2D eigenvalue weighted by Crippen LogP contribution is 2.21. The summed E-state index contributed by atoms with van der Waals surface area (Å²) < 4.78 is 6.28. The maximum absolute atomic E-state index is 12.3. The number of amides is 1. The van der Waals surface area contributed by atoms with Crippen molar-refractivity contribution in [2.24, 2.45) is 0 Å². The second kappa shape index (κ2) is 7.97. The number of rotatable bonds is 5. The van der Waals surface area contributed by atoms with Gasteiger partial charge in [-0.1, -0.05) is 24.3 Å². The first-order chi connectivity index (χ1) is 13.1. The van der Waals surface area contributed by atoms with Crippen LogP contribution >= 0.6 is 0 Å². The van der Waals surface area contributed by atoms with Crippen molar-refractivity contribution in [3.05, 3.63) is 76.6 Å². The Labute approximate surface area is 155 Å². The molecule has 7 heteroatoms. The maximum Gasteiger partial charge on any atom is 0.267 e. The predicted molar refractivity (Wildman–Crippen MR) is 100 cm³/mol. The average molecular weight is 360 g/mol. The SMILES string of the molecule is COc1cccc(-c2ccc(=O)n(CC(=O)Nc3ccccc3C#N)n2)c1. The minimum atomic E-state index is -0.449. The van der Waals surface area contributed by atoms with Crippen LogP contribution in [0.25, 0.3) is 11.3 Å². The van der Waals surface area contributed by atoms with Gasteiger partial charge in [-0.2, -0.15) is 10.4 Å². The Morgan fingerprint density at radius 1 is 1.19 bits per heavy atom. The molecular weight excluding hydrogens is 344 g/mol. The standard InChI is InChI=1S/C20H16N4O3/c1-27-16-7-4-6-14(11-16)18-9-10-20(26)24(23-18)13-19(25)22-17-8-3-2-5-15(17)12-21/h2-11H,13H2,1H3,(H,22,25). The van der Waals surface area contributed by atoms with Crippen molar-refractivity contribution >= 4 is 11.6 Å². The molecule has 0 unspecified atom stereocenters. The Balaban J connectivity index is 1.83. The van der Waals surface area contributed by atoms with Crippen molar-refractivity contribution in [3.8, 4) is 23.1 Å². The molecule has 0 fully saturated rings. The molecule has 0 aliphatic rings. The van der Waals surface area contributed by atoms with Gasteiger partial charge in [0.05, 0.1) is 24.1 Å². The highest BCUT2D eigenvalue weighted by atomic mass is 16.5. The van der Waals surface area contributed by atoms with E-state index in [1.165, 1.54) is 6.07 Å². The lowest BCUT2D eigenvalue weighted by Crippen LogP contribution is -2.29. The van der Waals surface area contributed by atoms with E-state index >= 15 is 0 Å². The van der Waals surface area contributed by atoms with Crippen LogP contribution in [0.4, 0.5) is 5.69 Å². The normalized spacial score (nSPS) is 10.1. The van der Waals surface area contributed by atoms with Crippen LogP contribution in [0, 0.1) is 11.3 Å². The number of hydrogen-bond donors (Lipinski definition) is 1. The molecule has 1 heterocycles. The van der Waals surface area contributed by atoms with E-state index in [1.54, 1.807) is 49.6 Å². The van der Waals surface area contributed by atoms with Crippen molar-refractivity contribution in [1.29, 1.82) is 5.26 Å². The number of hydrogen-bond acceptors (Lipinski definition) is 5. The molecule has 1 amide bonds. The van der Waals surface area contributed by atoms with Crippen LogP contribution in [0.5, 0.6) is 5.75 Å². The van der Waals surface area contributed by atoms with Crippen LogP contribution < -0.4 is 15.6 Å². The van der Waals surface area contributed by atoms with Gasteiger partial charge in [0.2, 0.25) is 5.91 Å². The van der Waals surface area contributed by atoms with Crippen LogP contribution in [0.1, 0.15) is 5.56 Å². The molecule has 0 bridgehead atoms. The molecule has 2 aromatic carbocycles. The number of nitrogens with one attached hydrogen (secondary N) is 1. The highest BCUT2D eigenvalue weighted by Gasteiger charge is 2.10. The summed E-state index contributed by atoms with van der Waals surface area (Å²) in [5.41, 5.74) is 1.64. The lowest BCUT2D eigenvalue weighted by molar-refractivity contribution is -0.117. The van der Waals surface area contributed by atoms with Crippen LogP contribution in [-0.4, -0.2) is 22.8 Å². The molecule has 0 aliphatic carbocycles. The second-order valence-electron chi connectivity index (χ2n) is 5.65. The lowest BCUT2D eigenvalue weighted by Gasteiger charge is -2.09. The van der Waals surface area contributed by atoms with Crippen LogP contribution in [-0.2, 0) is 11.3 Å². The first-order valence-corrected chi connectivity index (χ1v) is 8.12. The molecule has 27 heavy (non-hydrogen) atoms. The number of nitrogens with zero attached hydrogens (tertiary/aromatic N) is 3. The van der Waals surface area contributed by atoms with E-state index in [1.807, 2.05) is 18.2 Å². The fourth-order valence-electron chi connectivity index (χ4n) is 2.51. The van der Waals surface area contributed by atoms with E-state index in [9.17, 15) is 9.59 Å². The quantitative estimate of drug-likeness (QED) is 0.754. The van der Waals surface area contributed by atoms with Gasteiger partial charge in [0.15, 0.2) is 0 Å². The second-order valence-corrected chi connectivity index (χ2v) is 5.65. The number of ether oxygens (including phenoxy) is 1. The van der Waals surface area contributed by atoms with E-state index in [0.29, 0.717) is 22.7 Å². The summed E-state index contributed by atoms with van der Waals surface area (Å²) >= 11 is 0. The van der Waals surface area contributed by atoms with Gasteiger partial charge in [-0.05, 0) is 30.3 Å². The smallest absolute Gasteiger partial charge is 0.267 e. The first kappa shape index (κ1) is 17.9. The maximum atomic E-state index is 12.3. The summed E-state index contributed by atoms with van der Waals surface area (Å²) in [4.78, 5) is 24.4. The third-order valence-electron chi connectivity index (χ3n) is 3.85. The van der Waals surface area contributed by atoms with Gasteiger partial charge in [-0.15, -0.1) is 0 Å². The van der Waals surface area contributed by atoms with Gasteiger partial charge in [0.25, 0.3) is 5.56 Å². The summed E-state index contributed by atoms with van der Waals surface area (Å²) in [5, 5.41) is 16.0. The van der Waals surface area contributed by atoms with E-state index in [4.69, 9.17) is 10.00 Å². The van der Waals surface area contributed by atoms with Crippen molar-refractivity contribution in [1.82, 2.24) is 9.78 Å². The summed E-state index contributed by atoms with van der Waals surface area (Å²) in [7, 11) is 1.57. The van der Waals surface area contributed by atoms with E-state index in [-0.39, 0.29) is 6.54 Å². The molecule has 3 aromatic rings. The first-order valence-electron chi connectivity index (χ1n) is 8.12. The summed E-state index contributed by atoms with van der Waals surface area (Å²) in [6.45, 7) is -0.267. The monoisotopic (exact) mass is 360 g/mol. The number of nitriles is 1. The Morgan fingerprint density at radius 3 is 2.78 bits per heavy atom. The van der Waals surface area contributed by atoms with Crippen molar-refractivity contribution in [3.63, 3.8) is 0 Å². The Bertz CT molecular complexity index is 1080. The summed E-state index contributed by atoms with van der Waals surface area (Å²) in [6, 6.07) is 18.9. The molecule has 0 atom stereocenters.